The molecule has 1 aliphatic rings. The number of carbonyl (C=O) groups excluding carboxylic acids is 1. The summed E-state index contributed by atoms with van der Waals surface area (Å²) in [6.07, 6.45) is -5.13. The number of nitrogens with two attached hydrogens (primary N) is 2. The number of benzene rings is 1. The lowest BCUT2D eigenvalue weighted by molar-refractivity contribution is -0.263. The van der Waals surface area contributed by atoms with Gasteiger partial charge in [-0.25, -0.2) is 9.37 Å². The molecule has 0 saturated heterocycles. The number of ether oxygens (including phenoxy) is 1. The van der Waals surface area contributed by atoms with Gasteiger partial charge in [-0.3, -0.25) is 4.79 Å². The van der Waals surface area contributed by atoms with E-state index in [-0.39, 0.29) is 29.2 Å². The zero-order valence-electron chi connectivity index (χ0n) is 14.7. The van der Waals surface area contributed by atoms with Crippen LogP contribution < -0.4 is 16.2 Å². The molecule has 0 fully saturated rings. The molecule has 0 spiro atoms. The average molecular weight is 399 g/mol. The fourth-order valence-corrected chi connectivity index (χ4v) is 2.97. The summed E-state index contributed by atoms with van der Waals surface area (Å²) < 4.78 is 59.4. The van der Waals surface area contributed by atoms with E-state index in [1.54, 1.807) is 0 Å². The van der Waals surface area contributed by atoms with Crippen molar-refractivity contribution in [3.05, 3.63) is 47.4 Å². The molecule has 0 bridgehead atoms. The molecule has 5 N–H and O–H groups in total. The fourth-order valence-electron chi connectivity index (χ4n) is 2.97. The normalized spacial score (nSPS) is 21.0. The number of aromatic nitrogens is 1. The average Bonchev–Trinajstić information content (AvgIpc) is 2.98. The van der Waals surface area contributed by atoms with E-state index in [2.05, 4.69) is 4.98 Å². The van der Waals surface area contributed by atoms with Crippen LogP contribution in [0.25, 0.3) is 11.3 Å². The van der Waals surface area contributed by atoms with E-state index >= 15 is 0 Å². The third-order valence-electron chi connectivity index (χ3n) is 4.92. The van der Waals surface area contributed by atoms with Gasteiger partial charge in [0.1, 0.15) is 29.3 Å². The van der Waals surface area contributed by atoms with Crippen molar-refractivity contribution in [2.45, 2.75) is 24.1 Å². The van der Waals surface area contributed by atoms with Gasteiger partial charge in [0.15, 0.2) is 0 Å². The Kier molecular flexibility index (Phi) is 4.59. The van der Waals surface area contributed by atoms with Gasteiger partial charge in [0, 0.05) is 17.7 Å². The minimum absolute atomic E-state index is 0.0400. The first-order chi connectivity index (χ1) is 12.9. The Labute approximate surface area is 157 Å². The number of hydrogen-bond donors (Lipinski definition) is 3. The molecule has 10 heteroatoms. The van der Waals surface area contributed by atoms with E-state index in [0.29, 0.717) is 0 Å². The Morgan fingerprint density at radius 3 is 2.43 bits per heavy atom. The fraction of sp³-hybridized carbons (Fsp3) is 0.333. The van der Waals surface area contributed by atoms with E-state index in [4.69, 9.17) is 16.2 Å². The molecule has 0 aliphatic carbocycles. The summed E-state index contributed by atoms with van der Waals surface area (Å²) in [5.74, 6) is -1.34. The Balaban J connectivity index is 2.34. The minimum atomic E-state index is -5.13. The summed E-state index contributed by atoms with van der Waals surface area (Å²) in [6, 6.07) is 5.70. The predicted octanol–water partition coefficient (Wildman–Crippen LogP) is 1.73. The van der Waals surface area contributed by atoms with Gasteiger partial charge in [0.2, 0.25) is 11.5 Å². The number of nitrogens with zero attached hydrogens (tertiary/aromatic N) is 1. The van der Waals surface area contributed by atoms with Gasteiger partial charge in [-0.15, -0.1) is 0 Å². The zero-order valence-corrected chi connectivity index (χ0v) is 14.7. The van der Waals surface area contributed by atoms with Gasteiger partial charge >= 0.3 is 6.18 Å². The second-order valence-corrected chi connectivity index (χ2v) is 6.79. The molecular formula is C18H17F4N3O3. The molecule has 6 nitrogen and oxygen atoms in total. The van der Waals surface area contributed by atoms with Gasteiger partial charge in [-0.1, -0.05) is 0 Å². The van der Waals surface area contributed by atoms with Crippen LogP contribution in [-0.4, -0.2) is 35.3 Å². The SMILES string of the molecule is CC1(C(N)=O)COc2c1cc(C(O)(CN)C(F)(F)F)nc2-c1ccc(F)cc1. The van der Waals surface area contributed by atoms with Crippen molar-refractivity contribution >= 4 is 5.91 Å². The molecule has 2 heterocycles. The molecule has 0 radical (unpaired) electrons. The summed E-state index contributed by atoms with van der Waals surface area (Å²) in [7, 11) is 0. The first-order valence-corrected chi connectivity index (χ1v) is 8.18. The van der Waals surface area contributed by atoms with Crippen LogP contribution in [-0.2, 0) is 15.8 Å². The molecule has 2 aromatic rings. The third-order valence-corrected chi connectivity index (χ3v) is 4.92. The van der Waals surface area contributed by atoms with Crippen molar-refractivity contribution in [3.8, 4) is 17.0 Å². The van der Waals surface area contributed by atoms with Gasteiger partial charge in [-0.2, -0.15) is 13.2 Å². The standard InChI is InChI=1S/C18H17F4N3O3/c1-16(15(24)26)8-28-14-11(16)6-12(17(27,7-23)18(20,21)22)25-13(14)9-2-4-10(19)5-3-9/h2-6,27H,7-8,23H2,1H3,(H2,24,26). The van der Waals surface area contributed by atoms with Crippen LogP contribution in [0.1, 0.15) is 18.2 Å². The number of fused-ring (bicyclic) bond motifs is 1. The molecule has 1 aromatic carbocycles. The number of pyridine rings is 1. The smallest absolute Gasteiger partial charge is 0.424 e. The quantitative estimate of drug-likeness (QED) is 0.678. The molecule has 2 atom stereocenters. The van der Waals surface area contributed by atoms with Crippen molar-refractivity contribution in [1.82, 2.24) is 4.98 Å². The monoisotopic (exact) mass is 399 g/mol. The lowest BCUT2D eigenvalue weighted by atomic mass is 9.82. The number of aliphatic hydroxyl groups is 1. The second kappa shape index (κ2) is 6.42. The molecule has 1 aromatic heterocycles. The second-order valence-electron chi connectivity index (χ2n) is 6.79. The number of rotatable bonds is 4. The maximum atomic E-state index is 13.5. The van der Waals surface area contributed by atoms with Crippen molar-refractivity contribution in [3.63, 3.8) is 0 Å². The third kappa shape index (κ3) is 2.89. The molecule has 28 heavy (non-hydrogen) atoms. The van der Waals surface area contributed by atoms with Gasteiger partial charge in [0.05, 0.1) is 5.69 Å². The van der Waals surface area contributed by atoms with Crippen LogP contribution in [0.5, 0.6) is 5.75 Å². The highest BCUT2D eigenvalue weighted by atomic mass is 19.4. The van der Waals surface area contributed by atoms with Crippen LogP contribution in [0.4, 0.5) is 17.6 Å². The number of alkyl halides is 3. The maximum absolute atomic E-state index is 13.5. The van der Waals surface area contributed by atoms with Crippen molar-refractivity contribution in [2.24, 2.45) is 11.5 Å². The minimum Gasteiger partial charge on any atom is -0.489 e. The van der Waals surface area contributed by atoms with Gasteiger partial charge < -0.3 is 21.3 Å². The molecule has 1 amide bonds. The van der Waals surface area contributed by atoms with Crippen LogP contribution in [0, 0.1) is 5.82 Å². The zero-order chi connectivity index (χ0) is 20.9. The van der Waals surface area contributed by atoms with Crippen molar-refractivity contribution in [2.75, 3.05) is 13.2 Å². The van der Waals surface area contributed by atoms with E-state index in [9.17, 15) is 27.5 Å². The van der Waals surface area contributed by atoms with Crippen LogP contribution >= 0.6 is 0 Å². The predicted molar refractivity (Wildman–Crippen MR) is 90.7 cm³/mol. The summed E-state index contributed by atoms with van der Waals surface area (Å²) in [5, 5.41) is 10.3. The number of carbonyl (C=O) groups is 1. The molecule has 150 valence electrons. The largest absolute Gasteiger partial charge is 0.489 e. The summed E-state index contributed by atoms with van der Waals surface area (Å²) in [6.45, 7) is -0.00215. The Morgan fingerprint density at radius 2 is 1.93 bits per heavy atom. The number of halogens is 4. The lowest BCUT2D eigenvalue weighted by Crippen LogP contribution is -2.49. The number of hydrogen-bond acceptors (Lipinski definition) is 5. The van der Waals surface area contributed by atoms with Crippen molar-refractivity contribution in [1.29, 1.82) is 0 Å². The highest BCUT2D eigenvalue weighted by molar-refractivity contribution is 5.90. The van der Waals surface area contributed by atoms with Crippen LogP contribution in [0.2, 0.25) is 0 Å². The van der Waals surface area contributed by atoms with Crippen molar-refractivity contribution < 1.29 is 32.2 Å². The van der Waals surface area contributed by atoms with Gasteiger partial charge in [-0.05, 0) is 37.3 Å². The highest BCUT2D eigenvalue weighted by Crippen LogP contribution is 2.47. The van der Waals surface area contributed by atoms with Crippen LogP contribution in [0.3, 0.4) is 0 Å². The molecule has 0 saturated carbocycles. The van der Waals surface area contributed by atoms with E-state index in [0.717, 1.165) is 18.2 Å². The number of amides is 1. The number of primary amides is 1. The van der Waals surface area contributed by atoms with E-state index < -0.39 is 41.2 Å². The molecule has 1 aliphatic heterocycles. The Bertz CT molecular complexity index is 933. The molecular weight excluding hydrogens is 382 g/mol. The molecule has 2 unspecified atom stereocenters. The first-order valence-electron chi connectivity index (χ1n) is 8.18. The summed E-state index contributed by atoms with van der Waals surface area (Å²) >= 11 is 0. The Morgan fingerprint density at radius 1 is 1.32 bits per heavy atom. The Hall–Kier alpha value is -2.72. The first kappa shape index (κ1) is 20.0. The summed E-state index contributed by atoms with van der Waals surface area (Å²) in [5.41, 5.74) is 5.13. The van der Waals surface area contributed by atoms with E-state index in [1.165, 1.54) is 19.1 Å². The summed E-state index contributed by atoms with van der Waals surface area (Å²) in [4.78, 5) is 15.9. The topological polar surface area (TPSA) is 111 Å². The van der Waals surface area contributed by atoms with Gasteiger partial charge in [0.25, 0.3) is 0 Å². The lowest BCUT2D eigenvalue weighted by Gasteiger charge is -2.30. The maximum Gasteiger partial charge on any atom is 0.424 e. The van der Waals surface area contributed by atoms with E-state index in [1.807, 2.05) is 0 Å². The highest BCUT2D eigenvalue weighted by Gasteiger charge is 2.56. The van der Waals surface area contributed by atoms with Crippen LogP contribution in [0.15, 0.2) is 30.3 Å². The molecule has 3 rings (SSSR count).